The van der Waals surface area contributed by atoms with Gasteiger partial charge in [0.2, 0.25) is 5.95 Å². The highest BCUT2D eigenvalue weighted by Gasteiger charge is 2.21. The van der Waals surface area contributed by atoms with Gasteiger partial charge in [0, 0.05) is 12.5 Å². The summed E-state index contributed by atoms with van der Waals surface area (Å²) in [4.78, 5) is 15.0. The lowest BCUT2D eigenvalue weighted by atomic mass is 9.93. The Morgan fingerprint density at radius 3 is 2.38 bits per heavy atom. The molecular formula is C8H14N4O. The maximum absolute atomic E-state index is 11.4. The second-order valence-corrected chi connectivity index (χ2v) is 4.00. The quantitative estimate of drug-likeness (QED) is 0.615. The molecule has 0 saturated heterocycles. The van der Waals surface area contributed by atoms with Crippen LogP contribution in [0.2, 0.25) is 0 Å². The third-order valence-corrected chi connectivity index (χ3v) is 1.71. The van der Waals surface area contributed by atoms with E-state index in [-0.39, 0.29) is 16.9 Å². The normalized spacial score (nSPS) is 11.7. The summed E-state index contributed by atoms with van der Waals surface area (Å²) >= 11 is 0. The van der Waals surface area contributed by atoms with Crippen LogP contribution in [0.1, 0.15) is 26.5 Å². The first-order valence-corrected chi connectivity index (χ1v) is 4.03. The predicted molar refractivity (Wildman–Crippen MR) is 50.4 cm³/mol. The zero-order chi connectivity index (χ0) is 10.2. The molecule has 0 bridgehead atoms. The number of aromatic nitrogens is 3. The summed E-state index contributed by atoms with van der Waals surface area (Å²) in [6.07, 6.45) is 0. The molecule has 0 unspecified atom stereocenters. The Labute approximate surface area is 76.6 Å². The van der Waals surface area contributed by atoms with Crippen LogP contribution in [0.4, 0.5) is 5.95 Å². The Bertz CT molecular complexity index is 375. The largest absolute Gasteiger partial charge is 0.368 e. The minimum Gasteiger partial charge on any atom is -0.368 e. The first-order valence-electron chi connectivity index (χ1n) is 4.03. The van der Waals surface area contributed by atoms with Crippen molar-refractivity contribution in [1.82, 2.24) is 14.8 Å². The van der Waals surface area contributed by atoms with E-state index in [0.717, 1.165) is 0 Å². The standard InChI is InChI=1S/C8H14N4O/c1-8(2,3)5-6(13)10-7(9)12(4)11-5/h1-4H3,(H2,9,10,13). The summed E-state index contributed by atoms with van der Waals surface area (Å²) in [5.41, 5.74) is 5.22. The Morgan fingerprint density at radius 1 is 1.38 bits per heavy atom. The van der Waals surface area contributed by atoms with Crippen LogP contribution in [-0.4, -0.2) is 14.8 Å². The lowest BCUT2D eigenvalue weighted by Crippen LogP contribution is -2.30. The van der Waals surface area contributed by atoms with Crippen molar-refractivity contribution >= 4 is 5.95 Å². The molecule has 1 aromatic heterocycles. The highest BCUT2D eigenvalue weighted by atomic mass is 16.1. The Kier molecular flexibility index (Phi) is 2.11. The topological polar surface area (TPSA) is 73.8 Å². The van der Waals surface area contributed by atoms with Crippen LogP contribution in [0, 0.1) is 0 Å². The fourth-order valence-corrected chi connectivity index (χ4v) is 0.944. The van der Waals surface area contributed by atoms with E-state index in [4.69, 9.17) is 5.73 Å². The minimum atomic E-state index is -0.344. The number of hydrogen-bond donors (Lipinski definition) is 1. The number of nitrogens with two attached hydrogens (primary N) is 1. The van der Waals surface area contributed by atoms with E-state index in [1.54, 1.807) is 7.05 Å². The molecule has 0 aromatic carbocycles. The fourth-order valence-electron chi connectivity index (χ4n) is 0.944. The van der Waals surface area contributed by atoms with E-state index >= 15 is 0 Å². The number of aryl methyl sites for hydroxylation is 1. The van der Waals surface area contributed by atoms with Gasteiger partial charge in [-0.2, -0.15) is 10.1 Å². The number of nitrogens with zero attached hydrogens (tertiary/aromatic N) is 3. The zero-order valence-electron chi connectivity index (χ0n) is 8.33. The van der Waals surface area contributed by atoms with E-state index in [9.17, 15) is 4.79 Å². The Balaban J connectivity index is 3.41. The van der Waals surface area contributed by atoms with Gasteiger partial charge in [0.1, 0.15) is 5.69 Å². The van der Waals surface area contributed by atoms with Crippen LogP contribution in [0.3, 0.4) is 0 Å². The summed E-state index contributed by atoms with van der Waals surface area (Å²) in [6.45, 7) is 5.73. The monoisotopic (exact) mass is 182 g/mol. The third-order valence-electron chi connectivity index (χ3n) is 1.71. The van der Waals surface area contributed by atoms with Crippen LogP contribution in [0.5, 0.6) is 0 Å². The smallest absolute Gasteiger partial charge is 0.296 e. The van der Waals surface area contributed by atoms with E-state index in [0.29, 0.717) is 5.69 Å². The zero-order valence-corrected chi connectivity index (χ0v) is 8.33. The molecule has 0 aliphatic rings. The van der Waals surface area contributed by atoms with E-state index in [2.05, 4.69) is 10.1 Å². The van der Waals surface area contributed by atoms with Gasteiger partial charge in [-0.25, -0.2) is 4.68 Å². The van der Waals surface area contributed by atoms with Gasteiger partial charge in [-0.05, 0) is 0 Å². The van der Waals surface area contributed by atoms with E-state index < -0.39 is 0 Å². The summed E-state index contributed by atoms with van der Waals surface area (Å²) in [7, 11) is 1.66. The SMILES string of the molecule is Cn1nc(C(C)(C)C)c(=O)nc1N. The molecule has 72 valence electrons. The predicted octanol–water partition coefficient (Wildman–Crippen LogP) is 0.0550. The van der Waals surface area contributed by atoms with Crippen molar-refractivity contribution in [2.24, 2.45) is 7.05 Å². The van der Waals surface area contributed by atoms with Crippen LogP contribution in [0.15, 0.2) is 4.79 Å². The maximum Gasteiger partial charge on any atom is 0.296 e. The van der Waals surface area contributed by atoms with Gasteiger partial charge < -0.3 is 5.73 Å². The number of hydrogen-bond acceptors (Lipinski definition) is 4. The van der Waals surface area contributed by atoms with Gasteiger partial charge in [-0.3, -0.25) is 4.79 Å². The van der Waals surface area contributed by atoms with Crippen LogP contribution < -0.4 is 11.3 Å². The molecule has 0 saturated carbocycles. The molecule has 0 fully saturated rings. The van der Waals surface area contributed by atoms with Crippen molar-refractivity contribution in [1.29, 1.82) is 0 Å². The van der Waals surface area contributed by atoms with Crippen molar-refractivity contribution in [3.8, 4) is 0 Å². The van der Waals surface area contributed by atoms with Crippen molar-refractivity contribution < 1.29 is 0 Å². The van der Waals surface area contributed by atoms with Crippen molar-refractivity contribution in [3.05, 3.63) is 16.0 Å². The van der Waals surface area contributed by atoms with Gasteiger partial charge >= 0.3 is 0 Å². The average Bonchev–Trinajstić information content (AvgIpc) is 1.94. The summed E-state index contributed by atoms with van der Waals surface area (Å²) in [5.74, 6) is 0.137. The molecule has 1 aromatic rings. The van der Waals surface area contributed by atoms with Crippen molar-refractivity contribution in [3.63, 3.8) is 0 Å². The van der Waals surface area contributed by atoms with E-state index in [1.165, 1.54) is 4.68 Å². The minimum absolute atomic E-state index is 0.137. The molecule has 2 N–H and O–H groups in total. The van der Waals surface area contributed by atoms with E-state index in [1.807, 2.05) is 20.8 Å². The number of rotatable bonds is 0. The lowest BCUT2D eigenvalue weighted by molar-refractivity contribution is 0.523. The van der Waals surface area contributed by atoms with Crippen molar-refractivity contribution in [2.75, 3.05) is 5.73 Å². The average molecular weight is 182 g/mol. The van der Waals surface area contributed by atoms with Crippen LogP contribution in [0.25, 0.3) is 0 Å². The Morgan fingerprint density at radius 2 is 1.92 bits per heavy atom. The summed E-state index contributed by atoms with van der Waals surface area (Å²) < 4.78 is 1.40. The summed E-state index contributed by atoms with van der Waals surface area (Å²) in [5, 5.41) is 4.06. The Hall–Kier alpha value is -1.39. The molecule has 5 nitrogen and oxygen atoms in total. The van der Waals surface area contributed by atoms with Crippen LogP contribution >= 0.6 is 0 Å². The molecule has 0 radical (unpaired) electrons. The number of nitrogen functional groups attached to an aromatic ring is 1. The third kappa shape index (κ3) is 1.85. The van der Waals surface area contributed by atoms with Gasteiger partial charge in [0.15, 0.2) is 0 Å². The molecule has 13 heavy (non-hydrogen) atoms. The fraction of sp³-hybridized carbons (Fsp3) is 0.625. The molecule has 0 spiro atoms. The van der Waals surface area contributed by atoms with Gasteiger partial charge in [0.05, 0.1) is 0 Å². The molecule has 0 aliphatic heterocycles. The molecule has 0 amide bonds. The molecular weight excluding hydrogens is 168 g/mol. The highest BCUT2D eigenvalue weighted by Crippen LogP contribution is 2.15. The molecule has 1 rings (SSSR count). The second kappa shape index (κ2) is 2.83. The maximum atomic E-state index is 11.4. The molecule has 1 heterocycles. The van der Waals surface area contributed by atoms with Gasteiger partial charge in [0.25, 0.3) is 5.56 Å². The molecule has 0 atom stereocenters. The highest BCUT2D eigenvalue weighted by molar-refractivity contribution is 5.17. The van der Waals surface area contributed by atoms with Crippen molar-refractivity contribution in [2.45, 2.75) is 26.2 Å². The number of anilines is 1. The second-order valence-electron chi connectivity index (χ2n) is 4.00. The first-order chi connectivity index (χ1) is 5.82. The lowest BCUT2D eigenvalue weighted by Gasteiger charge is -2.16. The summed E-state index contributed by atoms with van der Waals surface area (Å²) in [6, 6.07) is 0. The van der Waals surface area contributed by atoms with Gasteiger partial charge in [-0.15, -0.1) is 0 Å². The first kappa shape index (κ1) is 9.70. The van der Waals surface area contributed by atoms with Gasteiger partial charge in [-0.1, -0.05) is 20.8 Å². The molecule has 5 heteroatoms. The van der Waals surface area contributed by atoms with Crippen LogP contribution in [-0.2, 0) is 12.5 Å². The molecule has 0 aliphatic carbocycles.